The quantitative estimate of drug-likeness (QED) is 0.813. The normalized spacial score (nSPS) is 34.4. The van der Waals surface area contributed by atoms with Crippen molar-refractivity contribution in [1.82, 2.24) is 10.2 Å². The minimum atomic E-state index is 0.197. The Kier molecular flexibility index (Phi) is 3.81. The molecule has 2 fully saturated rings. The Morgan fingerprint density at radius 1 is 1.35 bits per heavy atom. The molecule has 0 radical (unpaired) electrons. The Bertz CT molecular complexity index is 257. The highest BCUT2D eigenvalue weighted by molar-refractivity contribution is 4.96. The second-order valence-electron chi connectivity index (χ2n) is 6.73. The molecule has 17 heavy (non-hydrogen) atoms. The van der Waals surface area contributed by atoms with Gasteiger partial charge in [0.1, 0.15) is 0 Å². The fourth-order valence-electron chi connectivity index (χ4n) is 3.14. The monoisotopic (exact) mass is 240 g/mol. The van der Waals surface area contributed by atoms with Crippen molar-refractivity contribution in [1.29, 1.82) is 0 Å². The maximum absolute atomic E-state index is 5.62. The van der Waals surface area contributed by atoms with Crippen LogP contribution in [0.2, 0.25) is 0 Å². The van der Waals surface area contributed by atoms with Crippen LogP contribution in [0.3, 0.4) is 0 Å². The molecule has 1 N–H and O–H groups in total. The van der Waals surface area contributed by atoms with Crippen LogP contribution in [0, 0.1) is 11.3 Å². The molecule has 1 atom stereocenters. The molecule has 1 unspecified atom stereocenters. The lowest BCUT2D eigenvalue weighted by atomic mass is 9.75. The average molecular weight is 240 g/mol. The summed E-state index contributed by atoms with van der Waals surface area (Å²) in [5.74, 6) is 0.746. The zero-order valence-electron chi connectivity index (χ0n) is 11.9. The fraction of sp³-hybridized carbons (Fsp3) is 1.00. The van der Waals surface area contributed by atoms with Gasteiger partial charge in [0.25, 0.3) is 0 Å². The topological polar surface area (TPSA) is 24.5 Å². The average Bonchev–Trinajstić information content (AvgIpc) is 2.71. The summed E-state index contributed by atoms with van der Waals surface area (Å²) < 4.78 is 5.62. The molecule has 2 saturated heterocycles. The first-order valence-corrected chi connectivity index (χ1v) is 7.00. The van der Waals surface area contributed by atoms with E-state index in [0.717, 1.165) is 25.7 Å². The smallest absolute Gasteiger partial charge is 0.0645 e. The van der Waals surface area contributed by atoms with Crippen molar-refractivity contribution in [3.05, 3.63) is 0 Å². The summed E-state index contributed by atoms with van der Waals surface area (Å²) in [6.45, 7) is 15.8. The maximum atomic E-state index is 5.62. The van der Waals surface area contributed by atoms with Gasteiger partial charge in [-0.05, 0) is 38.1 Å². The highest BCUT2D eigenvalue weighted by Gasteiger charge is 2.42. The molecule has 100 valence electrons. The van der Waals surface area contributed by atoms with Gasteiger partial charge in [0, 0.05) is 25.2 Å². The van der Waals surface area contributed by atoms with Crippen molar-refractivity contribution in [3.63, 3.8) is 0 Å². The van der Waals surface area contributed by atoms with Crippen LogP contribution in [0.15, 0.2) is 0 Å². The molecule has 3 heteroatoms. The molecule has 0 saturated carbocycles. The lowest BCUT2D eigenvalue weighted by molar-refractivity contribution is -0.0716. The van der Waals surface area contributed by atoms with Gasteiger partial charge in [0.05, 0.1) is 13.2 Å². The number of hydrogen-bond donors (Lipinski definition) is 1. The van der Waals surface area contributed by atoms with Crippen LogP contribution >= 0.6 is 0 Å². The van der Waals surface area contributed by atoms with Crippen LogP contribution in [0.5, 0.6) is 0 Å². The molecule has 0 amide bonds. The van der Waals surface area contributed by atoms with E-state index in [2.05, 4.69) is 37.9 Å². The molecule has 0 aliphatic carbocycles. The molecular formula is C14H28N2O. The molecule has 0 aromatic carbocycles. The van der Waals surface area contributed by atoms with Crippen LogP contribution in [0.25, 0.3) is 0 Å². The van der Waals surface area contributed by atoms with Gasteiger partial charge in [0.2, 0.25) is 0 Å². The number of nitrogens with zero attached hydrogens (tertiary/aromatic N) is 1. The van der Waals surface area contributed by atoms with E-state index < -0.39 is 0 Å². The van der Waals surface area contributed by atoms with Crippen molar-refractivity contribution in [2.45, 2.75) is 39.7 Å². The van der Waals surface area contributed by atoms with E-state index >= 15 is 0 Å². The second-order valence-corrected chi connectivity index (χ2v) is 6.73. The van der Waals surface area contributed by atoms with E-state index in [-0.39, 0.29) is 5.54 Å². The van der Waals surface area contributed by atoms with Crippen LogP contribution in [-0.2, 0) is 4.74 Å². The van der Waals surface area contributed by atoms with E-state index in [4.69, 9.17) is 4.74 Å². The predicted molar refractivity (Wildman–Crippen MR) is 71.2 cm³/mol. The van der Waals surface area contributed by atoms with Crippen molar-refractivity contribution in [3.8, 4) is 0 Å². The summed E-state index contributed by atoms with van der Waals surface area (Å²) in [4.78, 5) is 2.64. The van der Waals surface area contributed by atoms with Gasteiger partial charge in [-0.3, -0.25) is 4.90 Å². The van der Waals surface area contributed by atoms with Crippen LogP contribution in [-0.4, -0.2) is 49.8 Å². The SMILES string of the molecule is CC(C)C1(CN2CCOCC2(C)C)CCNC1. The van der Waals surface area contributed by atoms with Crippen molar-refractivity contribution >= 4 is 0 Å². The van der Waals surface area contributed by atoms with E-state index in [1.165, 1.54) is 26.1 Å². The third-order valence-electron chi connectivity index (χ3n) is 4.82. The van der Waals surface area contributed by atoms with E-state index in [0.29, 0.717) is 5.41 Å². The summed E-state index contributed by atoms with van der Waals surface area (Å²) in [7, 11) is 0. The van der Waals surface area contributed by atoms with Gasteiger partial charge in [-0.2, -0.15) is 0 Å². The van der Waals surface area contributed by atoms with Crippen LogP contribution < -0.4 is 5.32 Å². The molecule has 0 aromatic heterocycles. The largest absolute Gasteiger partial charge is 0.378 e. The Labute approximate surface area is 106 Å². The van der Waals surface area contributed by atoms with E-state index in [9.17, 15) is 0 Å². The first-order valence-electron chi connectivity index (χ1n) is 7.00. The lowest BCUT2D eigenvalue weighted by Crippen LogP contribution is -2.57. The zero-order valence-corrected chi connectivity index (χ0v) is 11.9. The Morgan fingerprint density at radius 2 is 2.12 bits per heavy atom. The highest BCUT2D eigenvalue weighted by Crippen LogP contribution is 2.37. The Hall–Kier alpha value is -0.120. The molecule has 2 rings (SSSR count). The summed E-state index contributed by atoms with van der Waals surface area (Å²) in [5.41, 5.74) is 0.664. The first-order chi connectivity index (χ1) is 7.96. The summed E-state index contributed by atoms with van der Waals surface area (Å²) in [6.07, 6.45) is 1.32. The standard InChI is InChI=1S/C14H28N2O/c1-12(2)14(5-6-15-9-14)10-16-7-8-17-11-13(16,3)4/h12,15H,5-11H2,1-4H3. The number of ether oxygens (including phenoxy) is 1. The van der Waals surface area contributed by atoms with E-state index in [1.54, 1.807) is 0 Å². The van der Waals surface area contributed by atoms with Crippen LogP contribution in [0.4, 0.5) is 0 Å². The van der Waals surface area contributed by atoms with Crippen molar-refractivity contribution < 1.29 is 4.74 Å². The van der Waals surface area contributed by atoms with E-state index in [1.807, 2.05) is 0 Å². The van der Waals surface area contributed by atoms with Gasteiger partial charge in [-0.25, -0.2) is 0 Å². The maximum Gasteiger partial charge on any atom is 0.0645 e. The molecule has 0 bridgehead atoms. The Morgan fingerprint density at radius 3 is 2.65 bits per heavy atom. The molecule has 0 aromatic rings. The first kappa shape index (κ1) is 13.3. The summed E-state index contributed by atoms with van der Waals surface area (Å²) in [6, 6.07) is 0. The Balaban J connectivity index is 2.07. The summed E-state index contributed by atoms with van der Waals surface area (Å²) >= 11 is 0. The second kappa shape index (κ2) is 4.87. The minimum absolute atomic E-state index is 0.197. The van der Waals surface area contributed by atoms with Gasteiger partial charge >= 0.3 is 0 Å². The van der Waals surface area contributed by atoms with Crippen LogP contribution in [0.1, 0.15) is 34.1 Å². The number of morpholine rings is 1. The molecule has 0 spiro atoms. The third-order valence-corrected chi connectivity index (χ3v) is 4.82. The van der Waals surface area contributed by atoms with Crippen molar-refractivity contribution in [2.24, 2.45) is 11.3 Å². The summed E-state index contributed by atoms with van der Waals surface area (Å²) in [5, 5.41) is 3.55. The predicted octanol–water partition coefficient (Wildman–Crippen LogP) is 1.73. The molecule has 2 aliphatic rings. The van der Waals surface area contributed by atoms with Crippen molar-refractivity contribution in [2.75, 3.05) is 39.4 Å². The number of rotatable bonds is 3. The van der Waals surface area contributed by atoms with Gasteiger partial charge in [-0.15, -0.1) is 0 Å². The highest BCUT2D eigenvalue weighted by atomic mass is 16.5. The minimum Gasteiger partial charge on any atom is -0.378 e. The lowest BCUT2D eigenvalue weighted by Gasteiger charge is -2.47. The molecule has 2 heterocycles. The number of nitrogens with one attached hydrogen (secondary N) is 1. The molecule has 2 aliphatic heterocycles. The molecule has 3 nitrogen and oxygen atoms in total. The zero-order chi connectivity index (χ0) is 12.5. The third kappa shape index (κ3) is 2.67. The molecular weight excluding hydrogens is 212 g/mol. The van der Waals surface area contributed by atoms with Gasteiger partial charge < -0.3 is 10.1 Å². The fourth-order valence-corrected chi connectivity index (χ4v) is 3.14. The van der Waals surface area contributed by atoms with Gasteiger partial charge in [-0.1, -0.05) is 13.8 Å². The number of hydrogen-bond acceptors (Lipinski definition) is 3. The van der Waals surface area contributed by atoms with Gasteiger partial charge in [0.15, 0.2) is 0 Å².